The van der Waals surface area contributed by atoms with Crippen molar-refractivity contribution >= 4 is 50.0 Å². The average Bonchev–Trinajstić information content (AvgIpc) is 2.76. The van der Waals surface area contributed by atoms with Crippen LogP contribution in [-0.4, -0.2) is 22.4 Å². The zero-order valence-electron chi connectivity index (χ0n) is 10.8. The number of fused-ring (bicyclic) bond motifs is 1. The molecule has 2 aromatic rings. The summed E-state index contributed by atoms with van der Waals surface area (Å²) in [6, 6.07) is 5.56. The number of nitrogen functional groups attached to an aromatic ring is 1. The van der Waals surface area contributed by atoms with E-state index in [2.05, 4.69) is 17.2 Å². The highest BCUT2D eigenvalue weighted by molar-refractivity contribution is 7.99. The van der Waals surface area contributed by atoms with Crippen molar-refractivity contribution in [3.05, 3.63) is 18.2 Å². The summed E-state index contributed by atoms with van der Waals surface area (Å²) >= 11 is 3.11. The van der Waals surface area contributed by atoms with Gasteiger partial charge in [0.25, 0.3) is 0 Å². The van der Waals surface area contributed by atoms with Gasteiger partial charge in [-0.2, -0.15) is 11.8 Å². The first-order valence-corrected chi connectivity index (χ1v) is 8.20. The Morgan fingerprint density at radius 3 is 3.16 bits per heavy atom. The molecule has 0 aliphatic rings. The summed E-state index contributed by atoms with van der Waals surface area (Å²) in [6.07, 6.45) is 2.31. The molecule has 1 amide bonds. The number of thiazole rings is 1. The number of hydrogen-bond donors (Lipinski definition) is 2. The van der Waals surface area contributed by atoms with E-state index in [1.54, 1.807) is 11.8 Å². The smallest absolute Gasteiger partial charge is 0.236 e. The van der Waals surface area contributed by atoms with Crippen molar-refractivity contribution in [3.8, 4) is 0 Å². The van der Waals surface area contributed by atoms with Crippen LogP contribution in [0.3, 0.4) is 0 Å². The van der Waals surface area contributed by atoms with Crippen molar-refractivity contribution in [2.45, 2.75) is 19.8 Å². The molecule has 102 valence electrons. The number of nitrogens with two attached hydrogens (primary N) is 1. The van der Waals surface area contributed by atoms with E-state index in [1.165, 1.54) is 11.3 Å². The topological polar surface area (TPSA) is 68.0 Å². The van der Waals surface area contributed by atoms with Crippen molar-refractivity contribution in [1.29, 1.82) is 0 Å². The van der Waals surface area contributed by atoms with E-state index in [0.717, 1.165) is 28.8 Å². The second-order valence-electron chi connectivity index (χ2n) is 4.20. The van der Waals surface area contributed by atoms with Crippen LogP contribution in [0.15, 0.2) is 18.2 Å². The molecule has 0 spiro atoms. The number of benzene rings is 1. The minimum Gasteiger partial charge on any atom is -0.399 e. The molecule has 3 N–H and O–H groups in total. The molecule has 1 aromatic carbocycles. The lowest BCUT2D eigenvalue weighted by Gasteiger charge is -2.00. The number of aromatic nitrogens is 1. The number of thioether (sulfide) groups is 1. The molecule has 1 heterocycles. The minimum absolute atomic E-state index is 0.00753. The van der Waals surface area contributed by atoms with E-state index in [9.17, 15) is 4.79 Å². The van der Waals surface area contributed by atoms with E-state index in [-0.39, 0.29) is 5.91 Å². The summed E-state index contributed by atoms with van der Waals surface area (Å²) in [5, 5.41) is 3.48. The van der Waals surface area contributed by atoms with Crippen LogP contribution in [-0.2, 0) is 4.79 Å². The lowest BCUT2D eigenvalue weighted by molar-refractivity contribution is -0.113. The van der Waals surface area contributed by atoms with Crippen molar-refractivity contribution < 1.29 is 4.79 Å². The van der Waals surface area contributed by atoms with Crippen molar-refractivity contribution in [3.63, 3.8) is 0 Å². The number of anilines is 2. The van der Waals surface area contributed by atoms with Gasteiger partial charge in [0.2, 0.25) is 5.91 Å². The number of amides is 1. The number of rotatable bonds is 6. The molecule has 0 saturated heterocycles. The van der Waals surface area contributed by atoms with Gasteiger partial charge in [0.15, 0.2) is 5.13 Å². The van der Waals surface area contributed by atoms with Gasteiger partial charge < -0.3 is 11.1 Å². The Morgan fingerprint density at radius 2 is 2.37 bits per heavy atom. The lowest BCUT2D eigenvalue weighted by Crippen LogP contribution is -2.14. The molecular formula is C13H17N3OS2. The van der Waals surface area contributed by atoms with Crippen LogP contribution in [0.2, 0.25) is 0 Å². The van der Waals surface area contributed by atoms with Gasteiger partial charge in [-0.25, -0.2) is 4.98 Å². The molecule has 0 saturated carbocycles. The second kappa shape index (κ2) is 6.77. The Balaban J connectivity index is 1.91. The number of nitrogens with one attached hydrogen (secondary N) is 1. The Hall–Kier alpha value is -1.27. The minimum atomic E-state index is 0.00753. The van der Waals surface area contributed by atoms with Gasteiger partial charge >= 0.3 is 0 Å². The van der Waals surface area contributed by atoms with E-state index in [4.69, 9.17) is 5.73 Å². The largest absolute Gasteiger partial charge is 0.399 e. The van der Waals surface area contributed by atoms with Gasteiger partial charge in [-0.15, -0.1) is 0 Å². The summed E-state index contributed by atoms with van der Waals surface area (Å²) in [7, 11) is 0. The van der Waals surface area contributed by atoms with Gasteiger partial charge in [0.05, 0.1) is 16.0 Å². The zero-order valence-corrected chi connectivity index (χ0v) is 12.4. The van der Waals surface area contributed by atoms with Gasteiger partial charge in [-0.1, -0.05) is 24.7 Å². The number of carbonyl (C=O) groups is 1. The summed E-state index contributed by atoms with van der Waals surface area (Å²) < 4.78 is 0.994. The summed E-state index contributed by atoms with van der Waals surface area (Å²) in [6.45, 7) is 2.15. The Morgan fingerprint density at radius 1 is 1.53 bits per heavy atom. The zero-order chi connectivity index (χ0) is 13.7. The van der Waals surface area contributed by atoms with Crippen molar-refractivity contribution in [2.24, 2.45) is 0 Å². The molecule has 0 aliphatic carbocycles. The molecule has 4 nitrogen and oxygen atoms in total. The van der Waals surface area contributed by atoms with Crippen molar-refractivity contribution in [2.75, 3.05) is 22.6 Å². The third-order valence-electron chi connectivity index (χ3n) is 2.53. The molecule has 0 aliphatic heterocycles. The predicted molar refractivity (Wildman–Crippen MR) is 84.9 cm³/mol. The predicted octanol–water partition coefficient (Wildman–Crippen LogP) is 3.35. The normalized spacial score (nSPS) is 10.8. The standard InChI is InChI=1S/C13H17N3OS2/c1-2-3-6-18-8-12(17)16-13-15-10-5-4-9(14)7-11(10)19-13/h4-5,7H,2-3,6,8,14H2,1H3,(H,15,16,17). The molecule has 0 atom stereocenters. The summed E-state index contributed by atoms with van der Waals surface area (Å²) in [5.74, 6) is 1.52. The molecular weight excluding hydrogens is 278 g/mol. The maximum Gasteiger partial charge on any atom is 0.236 e. The van der Waals surface area contributed by atoms with Crippen LogP contribution < -0.4 is 11.1 Å². The first-order chi connectivity index (χ1) is 9.19. The molecule has 1 aromatic heterocycles. The second-order valence-corrected chi connectivity index (χ2v) is 6.34. The van der Waals surface area contributed by atoms with E-state index >= 15 is 0 Å². The van der Waals surface area contributed by atoms with Crippen LogP contribution in [0.4, 0.5) is 10.8 Å². The molecule has 19 heavy (non-hydrogen) atoms. The summed E-state index contributed by atoms with van der Waals surface area (Å²) in [5.41, 5.74) is 7.30. The quantitative estimate of drug-likeness (QED) is 0.633. The molecule has 6 heteroatoms. The fourth-order valence-electron chi connectivity index (χ4n) is 1.56. The fraction of sp³-hybridized carbons (Fsp3) is 0.385. The molecule has 0 bridgehead atoms. The van der Waals surface area contributed by atoms with Gasteiger partial charge in [-0.3, -0.25) is 4.79 Å². The Labute approximate surface area is 120 Å². The lowest BCUT2D eigenvalue weighted by atomic mass is 10.3. The van der Waals surface area contributed by atoms with Gasteiger partial charge in [0.1, 0.15) is 0 Å². The summed E-state index contributed by atoms with van der Waals surface area (Å²) in [4.78, 5) is 16.1. The van der Waals surface area contributed by atoms with Gasteiger partial charge in [-0.05, 0) is 30.4 Å². The Kier molecular flexibility index (Phi) is 5.04. The van der Waals surface area contributed by atoms with E-state index < -0.39 is 0 Å². The highest BCUT2D eigenvalue weighted by atomic mass is 32.2. The fourth-order valence-corrected chi connectivity index (χ4v) is 3.39. The molecule has 0 radical (unpaired) electrons. The number of carbonyl (C=O) groups excluding carboxylic acids is 1. The highest BCUT2D eigenvalue weighted by Crippen LogP contribution is 2.27. The molecule has 2 rings (SSSR count). The number of nitrogens with zero attached hydrogens (tertiary/aromatic N) is 1. The highest BCUT2D eigenvalue weighted by Gasteiger charge is 2.07. The molecule has 0 fully saturated rings. The molecule has 0 unspecified atom stereocenters. The van der Waals surface area contributed by atoms with Crippen LogP contribution in [0, 0.1) is 0 Å². The van der Waals surface area contributed by atoms with Crippen molar-refractivity contribution in [1.82, 2.24) is 4.98 Å². The van der Waals surface area contributed by atoms with Crippen LogP contribution in [0.5, 0.6) is 0 Å². The van der Waals surface area contributed by atoms with E-state index in [0.29, 0.717) is 16.6 Å². The SMILES string of the molecule is CCCCSCC(=O)Nc1nc2ccc(N)cc2s1. The number of unbranched alkanes of at least 4 members (excludes halogenated alkanes) is 1. The average molecular weight is 295 g/mol. The number of hydrogen-bond acceptors (Lipinski definition) is 5. The Bertz CT molecular complexity index is 568. The first-order valence-electron chi connectivity index (χ1n) is 6.22. The van der Waals surface area contributed by atoms with Crippen LogP contribution in [0.1, 0.15) is 19.8 Å². The van der Waals surface area contributed by atoms with E-state index in [1.807, 2.05) is 18.2 Å². The maximum absolute atomic E-state index is 11.7. The van der Waals surface area contributed by atoms with Gasteiger partial charge in [0, 0.05) is 5.69 Å². The van der Waals surface area contributed by atoms with Crippen LogP contribution >= 0.6 is 23.1 Å². The third kappa shape index (κ3) is 4.11. The van der Waals surface area contributed by atoms with Crippen LogP contribution in [0.25, 0.3) is 10.2 Å². The first kappa shape index (κ1) is 14.1. The maximum atomic E-state index is 11.7. The monoisotopic (exact) mass is 295 g/mol. The third-order valence-corrected chi connectivity index (χ3v) is 4.51.